The Hall–Kier alpha value is -0.250. The molecule has 1 fully saturated rings. The molecule has 1 atom stereocenters. The topological polar surface area (TPSA) is 12.0 Å². The summed E-state index contributed by atoms with van der Waals surface area (Å²) in [5, 5.41) is 3.47. The quantitative estimate of drug-likeness (QED) is 0.705. The standard InChI is InChI=1S/C14H26F3N/c1-3-11-18-12(7-6-10-14(15,16)17)13(2)8-4-5-9-13/h12,18H,3-11H2,1-2H3. The molecule has 1 aliphatic carbocycles. The van der Waals surface area contributed by atoms with Gasteiger partial charge in [0.25, 0.3) is 0 Å². The van der Waals surface area contributed by atoms with Crippen LogP contribution in [0.25, 0.3) is 0 Å². The lowest BCUT2D eigenvalue weighted by molar-refractivity contribution is -0.136. The van der Waals surface area contributed by atoms with Crippen molar-refractivity contribution in [3.05, 3.63) is 0 Å². The van der Waals surface area contributed by atoms with Crippen molar-refractivity contribution in [1.82, 2.24) is 5.32 Å². The molecule has 0 bridgehead atoms. The normalized spacial score (nSPS) is 21.2. The van der Waals surface area contributed by atoms with Crippen molar-refractivity contribution in [3.8, 4) is 0 Å². The molecule has 1 rings (SSSR count). The van der Waals surface area contributed by atoms with Gasteiger partial charge in [0.05, 0.1) is 0 Å². The third-order valence-electron chi connectivity index (χ3n) is 4.18. The van der Waals surface area contributed by atoms with Gasteiger partial charge < -0.3 is 5.32 Å². The highest BCUT2D eigenvalue weighted by molar-refractivity contribution is 4.91. The molecule has 0 radical (unpaired) electrons. The molecular formula is C14H26F3N. The molecule has 0 saturated heterocycles. The van der Waals surface area contributed by atoms with Gasteiger partial charge in [-0.25, -0.2) is 0 Å². The second kappa shape index (κ2) is 6.78. The summed E-state index contributed by atoms with van der Waals surface area (Å²) < 4.78 is 36.6. The van der Waals surface area contributed by atoms with E-state index in [-0.39, 0.29) is 17.9 Å². The van der Waals surface area contributed by atoms with Crippen LogP contribution in [0, 0.1) is 5.41 Å². The third-order valence-corrected chi connectivity index (χ3v) is 4.18. The summed E-state index contributed by atoms with van der Waals surface area (Å²) >= 11 is 0. The summed E-state index contributed by atoms with van der Waals surface area (Å²) in [5.41, 5.74) is 0.209. The first kappa shape index (κ1) is 15.8. The monoisotopic (exact) mass is 265 g/mol. The van der Waals surface area contributed by atoms with Gasteiger partial charge in [0, 0.05) is 12.5 Å². The van der Waals surface area contributed by atoms with E-state index in [9.17, 15) is 13.2 Å². The van der Waals surface area contributed by atoms with Gasteiger partial charge >= 0.3 is 6.18 Å². The molecule has 1 aliphatic rings. The second-order valence-corrected chi connectivity index (χ2v) is 5.88. The molecule has 4 heteroatoms. The molecular weight excluding hydrogens is 239 g/mol. The van der Waals surface area contributed by atoms with Crippen LogP contribution in [0.2, 0.25) is 0 Å². The van der Waals surface area contributed by atoms with E-state index in [4.69, 9.17) is 0 Å². The van der Waals surface area contributed by atoms with Crippen molar-refractivity contribution in [3.63, 3.8) is 0 Å². The summed E-state index contributed by atoms with van der Waals surface area (Å²) in [6.45, 7) is 5.24. The zero-order valence-electron chi connectivity index (χ0n) is 11.6. The smallest absolute Gasteiger partial charge is 0.313 e. The molecule has 0 amide bonds. The van der Waals surface area contributed by atoms with Gasteiger partial charge in [0.1, 0.15) is 0 Å². The average molecular weight is 265 g/mol. The van der Waals surface area contributed by atoms with Crippen molar-refractivity contribution in [1.29, 1.82) is 0 Å². The molecule has 0 aromatic carbocycles. The molecule has 18 heavy (non-hydrogen) atoms. The van der Waals surface area contributed by atoms with Gasteiger partial charge in [-0.3, -0.25) is 0 Å². The van der Waals surface area contributed by atoms with Crippen LogP contribution in [0.5, 0.6) is 0 Å². The summed E-state index contributed by atoms with van der Waals surface area (Å²) in [5.74, 6) is 0. The Labute approximate surface area is 109 Å². The number of alkyl halides is 3. The molecule has 1 saturated carbocycles. The number of rotatable bonds is 7. The second-order valence-electron chi connectivity index (χ2n) is 5.88. The summed E-state index contributed by atoms with van der Waals surface area (Å²) in [4.78, 5) is 0. The Bertz CT molecular complexity index is 232. The Balaban J connectivity index is 2.45. The van der Waals surface area contributed by atoms with Crippen LogP contribution >= 0.6 is 0 Å². The number of hydrogen-bond acceptors (Lipinski definition) is 1. The molecule has 0 heterocycles. The van der Waals surface area contributed by atoms with Gasteiger partial charge in [-0.1, -0.05) is 26.7 Å². The van der Waals surface area contributed by atoms with Gasteiger partial charge in [0.15, 0.2) is 0 Å². The maximum absolute atomic E-state index is 12.2. The summed E-state index contributed by atoms with van der Waals surface area (Å²) in [7, 11) is 0. The Morgan fingerprint density at radius 2 is 1.83 bits per heavy atom. The SMILES string of the molecule is CCCNC(CCCC(F)(F)F)C1(C)CCCC1. The van der Waals surface area contributed by atoms with Gasteiger partial charge in [-0.15, -0.1) is 0 Å². The van der Waals surface area contributed by atoms with Crippen molar-refractivity contribution in [2.24, 2.45) is 5.41 Å². The lowest BCUT2D eigenvalue weighted by Crippen LogP contribution is -2.42. The fraction of sp³-hybridized carbons (Fsp3) is 1.00. The highest BCUT2D eigenvalue weighted by Gasteiger charge is 2.37. The van der Waals surface area contributed by atoms with Crippen LogP contribution in [-0.2, 0) is 0 Å². The minimum absolute atomic E-state index is 0.209. The zero-order chi connectivity index (χ0) is 13.6. The molecule has 1 unspecified atom stereocenters. The van der Waals surface area contributed by atoms with Crippen molar-refractivity contribution in [2.75, 3.05) is 6.54 Å². The fourth-order valence-corrected chi connectivity index (χ4v) is 3.05. The molecule has 0 aliphatic heterocycles. The zero-order valence-corrected chi connectivity index (χ0v) is 11.6. The molecule has 0 spiro atoms. The maximum atomic E-state index is 12.2. The van der Waals surface area contributed by atoms with Crippen LogP contribution < -0.4 is 5.32 Å². The fourth-order valence-electron chi connectivity index (χ4n) is 3.05. The van der Waals surface area contributed by atoms with Gasteiger partial charge in [-0.2, -0.15) is 13.2 Å². The predicted octanol–water partition coefficient (Wildman–Crippen LogP) is 4.67. The first-order chi connectivity index (χ1) is 8.37. The van der Waals surface area contributed by atoms with E-state index >= 15 is 0 Å². The highest BCUT2D eigenvalue weighted by atomic mass is 19.4. The molecule has 108 valence electrons. The van der Waals surface area contributed by atoms with E-state index in [0.717, 1.165) is 25.8 Å². The van der Waals surface area contributed by atoms with Gasteiger partial charge in [0.2, 0.25) is 0 Å². The maximum Gasteiger partial charge on any atom is 0.389 e. The average Bonchev–Trinajstić information content (AvgIpc) is 2.69. The summed E-state index contributed by atoms with van der Waals surface area (Å²) in [6.07, 6.45) is 2.03. The van der Waals surface area contributed by atoms with E-state index < -0.39 is 12.6 Å². The molecule has 0 aromatic heterocycles. The highest BCUT2D eigenvalue weighted by Crippen LogP contribution is 2.42. The van der Waals surface area contributed by atoms with Crippen LogP contribution in [0.15, 0.2) is 0 Å². The van der Waals surface area contributed by atoms with Crippen LogP contribution in [0.4, 0.5) is 13.2 Å². The molecule has 1 nitrogen and oxygen atoms in total. The van der Waals surface area contributed by atoms with Crippen LogP contribution in [-0.4, -0.2) is 18.8 Å². The molecule has 0 aromatic rings. The van der Waals surface area contributed by atoms with Crippen molar-refractivity contribution < 1.29 is 13.2 Å². The van der Waals surface area contributed by atoms with E-state index in [1.54, 1.807) is 0 Å². The molecule has 1 N–H and O–H groups in total. The lowest BCUT2D eigenvalue weighted by atomic mass is 9.78. The first-order valence-electron chi connectivity index (χ1n) is 7.17. The van der Waals surface area contributed by atoms with Crippen LogP contribution in [0.3, 0.4) is 0 Å². The van der Waals surface area contributed by atoms with Crippen molar-refractivity contribution in [2.45, 2.75) is 77.4 Å². The number of nitrogens with one attached hydrogen (secondary N) is 1. The number of hydrogen-bond donors (Lipinski definition) is 1. The van der Waals surface area contributed by atoms with E-state index in [2.05, 4.69) is 19.2 Å². The minimum Gasteiger partial charge on any atom is -0.313 e. The number of halogens is 3. The van der Waals surface area contributed by atoms with Gasteiger partial charge in [-0.05, 0) is 44.1 Å². The van der Waals surface area contributed by atoms with Crippen LogP contribution in [0.1, 0.15) is 65.2 Å². The minimum atomic E-state index is -4.01. The Morgan fingerprint density at radius 1 is 1.22 bits per heavy atom. The van der Waals surface area contributed by atoms with E-state index in [1.807, 2.05) is 0 Å². The Kier molecular flexibility index (Phi) is 5.96. The lowest BCUT2D eigenvalue weighted by Gasteiger charge is -2.35. The largest absolute Gasteiger partial charge is 0.389 e. The van der Waals surface area contributed by atoms with E-state index in [1.165, 1.54) is 12.8 Å². The first-order valence-corrected chi connectivity index (χ1v) is 7.17. The van der Waals surface area contributed by atoms with E-state index in [0.29, 0.717) is 6.42 Å². The Morgan fingerprint density at radius 3 is 2.33 bits per heavy atom. The van der Waals surface area contributed by atoms with Crippen molar-refractivity contribution >= 4 is 0 Å². The predicted molar refractivity (Wildman–Crippen MR) is 68.6 cm³/mol. The third kappa shape index (κ3) is 5.17. The summed E-state index contributed by atoms with van der Waals surface area (Å²) in [6, 6.07) is 0.252.